The Balaban J connectivity index is 0.000000153. The third-order valence-corrected chi connectivity index (χ3v) is 24.7. The zero-order valence-corrected chi connectivity index (χ0v) is 56.9. The summed E-state index contributed by atoms with van der Waals surface area (Å²) in [6, 6.07) is 25.3. The first-order valence-corrected chi connectivity index (χ1v) is 36.9. The number of hydrogen-bond acceptors (Lipinski definition) is 8. The van der Waals surface area contributed by atoms with Gasteiger partial charge in [0.2, 0.25) is 40.1 Å². The zero-order valence-electron chi connectivity index (χ0n) is 53.6. The number of nitrogens with one attached hydrogen (secondary N) is 4. The van der Waals surface area contributed by atoms with E-state index in [1.54, 1.807) is 45.9 Å². The summed E-state index contributed by atoms with van der Waals surface area (Å²) in [5.74, 6) is -12.4. The van der Waals surface area contributed by atoms with Gasteiger partial charge in [0.15, 0.2) is 52.4 Å². The Hall–Kier alpha value is -8.08. The van der Waals surface area contributed by atoms with Crippen molar-refractivity contribution < 1.29 is 86.4 Å². The topological polar surface area (TPSA) is 185 Å². The van der Waals surface area contributed by atoms with Crippen LogP contribution in [0.15, 0.2) is 115 Å². The average molecular weight is 1450 g/mol. The predicted octanol–water partition coefficient (Wildman–Crippen LogP) is 16.3. The summed E-state index contributed by atoms with van der Waals surface area (Å²) >= 11 is 0. The van der Waals surface area contributed by atoms with Gasteiger partial charge in [0.1, 0.15) is 17.5 Å². The van der Waals surface area contributed by atoms with E-state index in [1.807, 2.05) is 36.8 Å². The summed E-state index contributed by atoms with van der Waals surface area (Å²) in [5.41, 5.74) is 3.58. The number of aryl methyl sites for hydroxylation is 5. The number of hydrogen-bond donors (Lipinski definition) is 4. The molecule has 4 N–H and O–H groups in total. The molecule has 4 saturated carbocycles. The Labute approximate surface area is 561 Å². The Morgan fingerprint density at radius 3 is 0.980 bits per heavy atom. The second-order valence-corrected chi connectivity index (χ2v) is 33.3. The molecule has 0 radical (unpaired) electrons. The quantitative estimate of drug-likeness (QED) is 0.0429. The van der Waals surface area contributed by atoms with Crippen molar-refractivity contribution in [2.24, 2.45) is 0 Å². The molecule has 524 valence electrons. The highest BCUT2D eigenvalue weighted by Crippen LogP contribution is 2.44. The maximum Gasteiger partial charge on any atom is 0.238 e. The number of benzene rings is 8. The monoisotopic (exact) mass is 1450 g/mol. The van der Waals surface area contributed by atoms with Crippen molar-refractivity contribution >= 4 is 62.8 Å². The molecule has 4 aliphatic rings. The first-order chi connectivity index (χ1) is 45.9. The normalized spacial score (nSPS) is 15.0. The first-order valence-electron chi connectivity index (χ1n) is 30.8. The van der Waals surface area contributed by atoms with Gasteiger partial charge in [-0.05, 0) is 192 Å². The Morgan fingerprint density at radius 1 is 0.337 bits per heavy atom. The summed E-state index contributed by atoms with van der Waals surface area (Å²) < 4.78 is 273. The van der Waals surface area contributed by atoms with Crippen molar-refractivity contribution in [3.05, 3.63) is 257 Å². The van der Waals surface area contributed by atoms with Crippen molar-refractivity contribution in [3.8, 4) is 0 Å². The molecule has 0 amide bonds. The predicted molar refractivity (Wildman–Crippen MR) is 353 cm³/mol. The molecule has 0 saturated heterocycles. The number of anilines is 4. The molecule has 12 nitrogen and oxygen atoms in total. The van der Waals surface area contributed by atoms with Gasteiger partial charge in [-0.25, -0.2) is 86.4 Å². The molecule has 28 heteroatoms. The van der Waals surface area contributed by atoms with E-state index >= 15 is 0 Å². The minimum Gasteiger partial charge on any atom is -0.283 e. The van der Waals surface area contributed by atoms with Crippen LogP contribution in [0.4, 0.5) is 75.4 Å². The highest BCUT2D eigenvalue weighted by Gasteiger charge is 2.50. The van der Waals surface area contributed by atoms with E-state index in [4.69, 9.17) is 0 Å². The molecule has 0 spiro atoms. The van der Waals surface area contributed by atoms with Crippen LogP contribution in [0.1, 0.15) is 131 Å². The van der Waals surface area contributed by atoms with Crippen LogP contribution in [0.2, 0.25) is 0 Å². The smallest absolute Gasteiger partial charge is 0.238 e. The number of rotatable bonds is 20. The fourth-order valence-electron chi connectivity index (χ4n) is 10.2. The van der Waals surface area contributed by atoms with Gasteiger partial charge in [0.05, 0.1) is 43.2 Å². The molecule has 0 atom stereocenters. The Bertz CT molecular complexity index is 4730. The number of sulfonamides is 4. The van der Waals surface area contributed by atoms with Gasteiger partial charge in [-0.3, -0.25) is 18.9 Å². The SMILES string of the molecule is Cc1ccc(Cc2c(F)c(F)cc(F)c2NS(=O)(=O)C2CC2)c(F)c1.Cc1ccc(Cc2c(NS(=O)(=O)C3(C)CC3)ccc(F)c2F)c(F)c1.Cc1ccc(Cc2c(NS(=O)(=O)C3CC3)ccc(F)c2F)c(C)c1.Cc1ccc(Cc2c(NS(=O)(=O)C3CC3)ccc(F)c2F)c(F)c1. The zero-order chi connectivity index (χ0) is 71.7. The lowest BCUT2D eigenvalue weighted by Crippen LogP contribution is -2.27. The highest BCUT2D eigenvalue weighted by molar-refractivity contribution is 7.94. The van der Waals surface area contributed by atoms with Crippen LogP contribution in [-0.4, -0.2) is 54.2 Å². The van der Waals surface area contributed by atoms with E-state index in [9.17, 15) is 86.4 Å². The first kappa shape index (κ1) is 74.2. The van der Waals surface area contributed by atoms with Gasteiger partial charge in [0.25, 0.3) is 0 Å². The van der Waals surface area contributed by atoms with E-state index in [2.05, 4.69) is 14.2 Å². The molecule has 4 fully saturated rings. The lowest BCUT2D eigenvalue weighted by atomic mass is 9.97. The van der Waals surface area contributed by atoms with E-state index in [1.165, 1.54) is 54.6 Å². The maximum absolute atomic E-state index is 14.3. The summed E-state index contributed by atoms with van der Waals surface area (Å²) in [4.78, 5) is 0. The Morgan fingerprint density at radius 2 is 0.643 bits per heavy atom. The van der Waals surface area contributed by atoms with Crippen LogP contribution in [0.5, 0.6) is 0 Å². The summed E-state index contributed by atoms with van der Waals surface area (Å²) in [7, 11) is -14.8. The van der Waals surface area contributed by atoms with Crippen molar-refractivity contribution in [1.29, 1.82) is 0 Å². The molecule has 12 rings (SSSR count). The fraction of sp³-hybridized carbons (Fsp3) is 0.314. The van der Waals surface area contributed by atoms with Crippen molar-refractivity contribution in [3.63, 3.8) is 0 Å². The van der Waals surface area contributed by atoms with Crippen LogP contribution < -0.4 is 18.9 Å². The molecule has 0 unspecified atom stereocenters. The van der Waals surface area contributed by atoms with Gasteiger partial charge >= 0.3 is 0 Å². The second-order valence-electron chi connectivity index (χ2n) is 25.2. The molecule has 0 aromatic heterocycles. The van der Waals surface area contributed by atoms with E-state index < -0.39 is 148 Å². The molecule has 8 aromatic rings. The van der Waals surface area contributed by atoms with Gasteiger partial charge in [0, 0.05) is 54.0 Å². The lowest BCUT2D eigenvalue weighted by molar-refractivity contribution is 0.487. The van der Waals surface area contributed by atoms with Crippen molar-refractivity contribution in [2.75, 3.05) is 18.9 Å². The average Bonchev–Trinajstić information content (AvgIpc) is 1.54. The van der Waals surface area contributed by atoms with E-state index in [0.717, 1.165) is 34.9 Å². The summed E-state index contributed by atoms with van der Waals surface area (Å²) in [5, 5.41) is -1.61. The summed E-state index contributed by atoms with van der Waals surface area (Å²) in [6.07, 6.45) is 3.27. The van der Waals surface area contributed by atoms with Crippen LogP contribution in [0.25, 0.3) is 0 Å². The summed E-state index contributed by atoms with van der Waals surface area (Å²) in [6.45, 7) is 10.5. The third-order valence-electron chi connectivity index (χ3n) is 16.9. The van der Waals surface area contributed by atoms with Crippen molar-refractivity contribution in [2.45, 2.75) is 139 Å². The van der Waals surface area contributed by atoms with Gasteiger partial charge in [-0.1, -0.05) is 60.2 Å². The molecule has 8 aromatic carbocycles. The van der Waals surface area contributed by atoms with Gasteiger partial charge < -0.3 is 0 Å². The molecular formula is C70H68F12N4O8S4. The second kappa shape index (κ2) is 29.4. The van der Waals surface area contributed by atoms with Crippen molar-refractivity contribution in [1.82, 2.24) is 0 Å². The molecule has 4 aliphatic carbocycles. The molecule has 0 bridgehead atoms. The molecule has 0 aliphatic heterocycles. The Kier molecular flexibility index (Phi) is 22.2. The lowest BCUT2D eigenvalue weighted by Gasteiger charge is -2.17. The third kappa shape index (κ3) is 18.0. The standard InChI is InChI=1S/C18H18F3NO2S.C18H19F2NO2S.C17H15F4NO2S.C17H16F3NO2S/c1-11-3-4-12(15(20)9-11)10-13-16(6-5-14(19)17(13)21)22-25(23,24)18(2)7-8-18;1-11-3-4-13(12(2)9-11)10-15-17(8-7-16(19)18(15)20)21-24(22,23)14-5-6-14;1-9-2-3-10(13(18)6-9)7-12-16(21)14(19)8-15(20)17(12)22-25(23,24)11-4-5-11;1-10-2-3-11(15(19)8-10)9-13-16(7-6-14(18)17(13)20)21-24(22,23)12-4-5-12/h3-6,9,22H,7-8,10H2,1-2H3;3-4,7-9,14,21H,5-6,10H2,1-2H3;2-3,6,8,11,22H,4-5,7H2,1H3;2-3,6-8,12,21H,4-5,9H2,1H3. The van der Waals surface area contributed by atoms with Crippen LogP contribution in [0.3, 0.4) is 0 Å². The molecular weight excluding hydrogens is 1380 g/mol. The fourth-order valence-corrected chi connectivity index (χ4v) is 15.9. The maximum atomic E-state index is 14.3. The van der Waals surface area contributed by atoms with Crippen LogP contribution in [-0.2, 0) is 65.8 Å². The minimum atomic E-state index is -3.90. The molecule has 98 heavy (non-hydrogen) atoms. The van der Waals surface area contributed by atoms with Crippen LogP contribution in [0, 0.1) is 104 Å². The van der Waals surface area contributed by atoms with Gasteiger partial charge in [-0.2, -0.15) is 0 Å². The van der Waals surface area contributed by atoms with Gasteiger partial charge in [-0.15, -0.1) is 0 Å². The number of halogens is 12. The highest BCUT2D eigenvalue weighted by atomic mass is 32.2. The molecule has 0 heterocycles. The van der Waals surface area contributed by atoms with E-state index in [0.29, 0.717) is 68.1 Å². The van der Waals surface area contributed by atoms with E-state index in [-0.39, 0.29) is 75.8 Å². The largest absolute Gasteiger partial charge is 0.283 e. The minimum absolute atomic E-state index is 0.00127. The van der Waals surface area contributed by atoms with Crippen LogP contribution >= 0.6 is 0 Å².